The van der Waals surface area contributed by atoms with Crippen molar-refractivity contribution in [1.82, 2.24) is 0 Å². The van der Waals surface area contributed by atoms with E-state index < -0.39 is 0 Å². The summed E-state index contributed by atoms with van der Waals surface area (Å²) in [5.74, 6) is 3.50. The fourth-order valence-corrected chi connectivity index (χ4v) is 6.37. The predicted octanol–water partition coefficient (Wildman–Crippen LogP) is 13.6. The summed E-state index contributed by atoms with van der Waals surface area (Å²) in [6, 6.07) is 0. The van der Waals surface area contributed by atoms with Crippen molar-refractivity contribution in [3.8, 4) is 0 Å². The highest BCUT2D eigenvalue weighted by molar-refractivity contribution is 7.81. The van der Waals surface area contributed by atoms with Gasteiger partial charge in [0.05, 0.1) is 0 Å². The summed E-state index contributed by atoms with van der Waals surface area (Å²) in [5.41, 5.74) is 0. The highest BCUT2D eigenvalue weighted by atomic mass is 32.1. The fraction of sp³-hybridized carbons (Fsp3) is 1.00. The first-order valence-electron chi connectivity index (χ1n) is 17.5. The summed E-state index contributed by atoms with van der Waals surface area (Å²) in [5, 5.41) is 0.642. The Morgan fingerprint density at radius 1 is 0.297 bits per heavy atom. The Hall–Kier alpha value is 0.350. The molecule has 0 bridgehead atoms. The number of thiol groups is 1. The molecule has 0 amide bonds. The first-order valence-corrected chi connectivity index (χ1v) is 18.0. The van der Waals surface area contributed by atoms with Crippen LogP contribution < -0.4 is 0 Å². The molecule has 1 heteroatoms. The van der Waals surface area contributed by atoms with Gasteiger partial charge in [0.2, 0.25) is 0 Å². The molecule has 2 unspecified atom stereocenters. The van der Waals surface area contributed by atoms with Gasteiger partial charge in [0.1, 0.15) is 0 Å². The molecule has 0 aliphatic rings. The fourth-order valence-electron chi connectivity index (χ4n) is 5.89. The van der Waals surface area contributed by atoms with Crippen LogP contribution in [0.15, 0.2) is 0 Å². The average Bonchev–Trinajstić information content (AvgIpc) is 2.84. The van der Waals surface area contributed by atoms with Crippen LogP contribution in [0.3, 0.4) is 0 Å². The lowest BCUT2D eigenvalue weighted by atomic mass is 9.88. The van der Waals surface area contributed by atoms with Gasteiger partial charge in [0.25, 0.3) is 0 Å². The van der Waals surface area contributed by atoms with Crippen molar-refractivity contribution in [3.05, 3.63) is 0 Å². The van der Waals surface area contributed by atoms with E-state index in [1.165, 1.54) is 161 Å². The first kappa shape index (κ1) is 37.4. The van der Waals surface area contributed by atoms with Crippen LogP contribution in [0, 0.1) is 23.7 Å². The van der Waals surface area contributed by atoms with Crippen molar-refractivity contribution in [2.75, 3.05) is 0 Å². The molecule has 0 aromatic carbocycles. The lowest BCUT2D eigenvalue weighted by Gasteiger charge is -2.24. The maximum Gasteiger partial charge on any atom is 0.00450 e. The Balaban J connectivity index is 4.10. The molecule has 0 radical (unpaired) electrons. The summed E-state index contributed by atoms with van der Waals surface area (Å²) in [7, 11) is 0. The number of rotatable bonds is 29. The average molecular weight is 539 g/mol. The van der Waals surface area contributed by atoms with E-state index >= 15 is 0 Å². The van der Waals surface area contributed by atoms with E-state index in [9.17, 15) is 0 Å². The van der Waals surface area contributed by atoms with Gasteiger partial charge in [-0.25, -0.2) is 0 Å². The zero-order valence-electron chi connectivity index (χ0n) is 27.0. The van der Waals surface area contributed by atoms with Crippen molar-refractivity contribution in [2.45, 2.75) is 207 Å². The van der Waals surface area contributed by atoms with Crippen LogP contribution in [-0.4, -0.2) is 5.25 Å². The van der Waals surface area contributed by atoms with Crippen LogP contribution in [-0.2, 0) is 0 Å². The van der Waals surface area contributed by atoms with Crippen LogP contribution in [0.2, 0.25) is 0 Å². The highest BCUT2D eigenvalue weighted by Crippen LogP contribution is 2.29. The molecule has 37 heavy (non-hydrogen) atoms. The van der Waals surface area contributed by atoms with Gasteiger partial charge in [-0.3, -0.25) is 0 Å². The van der Waals surface area contributed by atoms with Gasteiger partial charge in [-0.2, -0.15) is 12.6 Å². The van der Waals surface area contributed by atoms with Crippen molar-refractivity contribution in [1.29, 1.82) is 0 Å². The minimum absolute atomic E-state index is 0.642. The van der Waals surface area contributed by atoms with Gasteiger partial charge in [-0.15, -0.1) is 0 Å². The maximum absolute atomic E-state index is 5.19. The maximum atomic E-state index is 5.19. The van der Waals surface area contributed by atoms with E-state index in [1.54, 1.807) is 0 Å². The van der Waals surface area contributed by atoms with Crippen molar-refractivity contribution >= 4 is 12.6 Å². The van der Waals surface area contributed by atoms with Crippen LogP contribution in [0.5, 0.6) is 0 Å². The van der Waals surface area contributed by atoms with E-state index in [-0.39, 0.29) is 0 Å². The van der Waals surface area contributed by atoms with Crippen LogP contribution in [0.4, 0.5) is 0 Å². The molecule has 0 N–H and O–H groups in total. The van der Waals surface area contributed by atoms with E-state index in [4.69, 9.17) is 12.6 Å². The number of hydrogen-bond donors (Lipinski definition) is 1. The molecule has 0 saturated heterocycles. The summed E-state index contributed by atoms with van der Waals surface area (Å²) in [4.78, 5) is 0. The Kier molecular flexibility index (Phi) is 28.2. The van der Waals surface area contributed by atoms with E-state index in [2.05, 4.69) is 41.5 Å². The lowest BCUT2D eigenvalue weighted by Crippen LogP contribution is -2.15. The minimum Gasteiger partial charge on any atom is -0.176 e. The Morgan fingerprint density at radius 3 is 0.784 bits per heavy atom. The smallest absolute Gasteiger partial charge is 0.00450 e. The highest BCUT2D eigenvalue weighted by Gasteiger charge is 2.17. The normalized spacial score (nSPS) is 13.8. The molecule has 224 valence electrons. The molecule has 0 rings (SSSR count). The van der Waals surface area contributed by atoms with Crippen LogP contribution >= 0.6 is 12.6 Å². The second kappa shape index (κ2) is 27.9. The van der Waals surface area contributed by atoms with Gasteiger partial charge in [0.15, 0.2) is 0 Å². The van der Waals surface area contributed by atoms with E-state index in [0.29, 0.717) is 5.25 Å². The molecule has 0 fully saturated rings. The summed E-state index contributed by atoms with van der Waals surface area (Å²) in [6.07, 6.45) is 35.9. The van der Waals surface area contributed by atoms with Crippen LogP contribution in [0.25, 0.3) is 0 Å². The number of unbranched alkanes of at least 4 members (excludes halogenated alkanes) is 16. The molecule has 0 aromatic rings. The third-order valence-electron chi connectivity index (χ3n) is 8.54. The molecule has 0 aromatic heterocycles. The standard InChI is InChI=1S/C36H74S/c1-32(2)26-20-14-8-7-9-17-23-29-35(30-24-18-12-10-15-21-27-33(3)4)36(37)31-25-19-13-11-16-22-28-34(5)6/h32-37H,7-31H2,1-6H3. The molecule has 0 heterocycles. The monoisotopic (exact) mass is 539 g/mol. The zero-order valence-corrected chi connectivity index (χ0v) is 27.9. The second-order valence-electron chi connectivity index (χ2n) is 14.0. The number of hydrogen-bond acceptors (Lipinski definition) is 1. The lowest BCUT2D eigenvalue weighted by molar-refractivity contribution is 0.375. The largest absolute Gasteiger partial charge is 0.176 e. The molecular formula is C36H74S. The SMILES string of the molecule is CC(C)CCCCCCCCCC(CCCCCCCCC(C)C)C(S)CCCCCCCCC(C)C. The van der Waals surface area contributed by atoms with Crippen molar-refractivity contribution in [3.63, 3.8) is 0 Å². The Morgan fingerprint density at radius 2 is 0.514 bits per heavy atom. The Labute approximate surface area is 243 Å². The van der Waals surface area contributed by atoms with Crippen molar-refractivity contribution in [2.24, 2.45) is 23.7 Å². The van der Waals surface area contributed by atoms with Crippen LogP contribution in [0.1, 0.15) is 202 Å². The van der Waals surface area contributed by atoms with E-state index in [0.717, 1.165) is 23.7 Å². The summed E-state index contributed by atoms with van der Waals surface area (Å²) >= 11 is 5.19. The molecule has 0 nitrogen and oxygen atoms in total. The zero-order chi connectivity index (χ0) is 27.6. The van der Waals surface area contributed by atoms with Gasteiger partial charge in [0, 0.05) is 5.25 Å². The third kappa shape index (κ3) is 29.2. The Bertz CT molecular complexity index is 426. The summed E-state index contributed by atoms with van der Waals surface area (Å²) in [6.45, 7) is 14.1. The predicted molar refractivity (Wildman–Crippen MR) is 176 cm³/mol. The first-order chi connectivity index (χ1) is 17.8. The quantitative estimate of drug-likeness (QED) is 0.0710. The minimum atomic E-state index is 0.642. The van der Waals surface area contributed by atoms with Crippen molar-refractivity contribution < 1.29 is 0 Å². The van der Waals surface area contributed by atoms with Gasteiger partial charge in [-0.1, -0.05) is 183 Å². The molecule has 0 aliphatic heterocycles. The molecular weight excluding hydrogens is 464 g/mol. The molecule has 0 aliphatic carbocycles. The van der Waals surface area contributed by atoms with Gasteiger partial charge >= 0.3 is 0 Å². The second-order valence-corrected chi connectivity index (χ2v) is 14.6. The molecule has 0 saturated carbocycles. The molecule has 2 atom stereocenters. The molecule has 0 spiro atoms. The van der Waals surface area contributed by atoms with Gasteiger partial charge < -0.3 is 0 Å². The van der Waals surface area contributed by atoms with E-state index in [1.807, 2.05) is 0 Å². The third-order valence-corrected chi connectivity index (χ3v) is 9.22. The topological polar surface area (TPSA) is 0 Å². The van der Waals surface area contributed by atoms with Gasteiger partial charge in [-0.05, 0) is 42.9 Å². The summed E-state index contributed by atoms with van der Waals surface area (Å²) < 4.78 is 0.